The molecule has 4 rings (SSSR count). The minimum Gasteiger partial charge on any atom is -0.330 e. The maximum Gasteiger partial charge on any atom is 0.416 e. The lowest BCUT2D eigenvalue weighted by molar-refractivity contribution is -0.138. The number of alkyl halides is 3. The second-order valence-electron chi connectivity index (χ2n) is 10.1. The fourth-order valence-electron chi connectivity index (χ4n) is 4.54. The van der Waals surface area contributed by atoms with E-state index < -0.39 is 11.7 Å². The first kappa shape index (κ1) is 33.0. The van der Waals surface area contributed by atoms with Crippen molar-refractivity contribution in [1.82, 2.24) is 9.80 Å². The van der Waals surface area contributed by atoms with Gasteiger partial charge in [0, 0.05) is 44.4 Å². The number of nitrogens with two attached hydrogens (primary N) is 1. The third-order valence-electron chi connectivity index (χ3n) is 7.11. The highest BCUT2D eigenvalue weighted by Gasteiger charge is 2.40. The zero-order valence-corrected chi connectivity index (χ0v) is 24.2. The van der Waals surface area contributed by atoms with Gasteiger partial charge in [-0.15, -0.1) is 0 Å². The summed E-state index contributed by atoms with van der Waals surface area (Å²) in [5.41, 5.74) is 6.22. The van der Waals surface area contributed by atoms with Crippen molar-refractivity contribution < 1.29 is 18.0 Å². The number of para-hydroxylation sites is 1. The Labute approximate surface area is 236 Å². The fraction of sp³-hybridized carbons (Fsp3) is 0.500. The van der Waals surface area contributed by atoms with E-state index in [1.807, 2.05) is 18.7 Å². The molecule has 2 aliphatic heterocycles. The Morgan fingerprint density at radius 3 is 2.35 bits per heavy atom. The number of nitrogens with zero attached hydrogens (tertiary/aromatic N) is 3. The number of hydrogen-bond donors (Lipinski definition) is 3. The zero-order chi connectivity index (χ0) is 30.0. The number of likely N-dealkylation sites (tertiary alicyclic amines) is 1. The average molecular weight is 561 g/mol. The third kappa shape index (κ3) is 8.38. The van der Waals surface area contributed by atoms with E-state index in [0.717, 1.165) is 25.9 Å². The summed E-state index contributed by atoms with van der Waals surface area (Å²) in [6.07, 6.45) is -1.47. The first-order chi connectivity index (χ1) is 19.0. The lowest BCUT2D eigenvalue weighted by Gasteiger charge is -2.38. The molecule has 0 radical (unpaired) electrons. The molecule has 10 heteroatoms. The maximum absolute atomic E-state index is 13.7. The highest BCUT2D eigenvalue weighted by atomic mass is 19.4. The Morgan fingerprint density at radius 1 is 1.20 bits per heavy atom. The number of carbonyl (C=O) groups excluding carboxylic acids is 1. The Hall–Kier alpha value is -3.24. The van der Waals surface area contributed by atoms with Crippen LogP contribution in [0.25, 0.3) is 0 Å². The highest BCUT2D eigenvalue weighted by Crippen LogP contribution is 2.39. The smallest absolute Gasteiger partial charge is 0.330 e. The summed E-state index contributed by atoms with van der Waals surface area (Å²) in [6.45, 7) is 10.7. The van der Waals surface area contributed by atoms with Gasteiger partial charge in [0.05, 0.1) is 18.4 Å². The monoisotopic (exact) mass is 560 g/mol. The zero-order valence-electron chi connectivity index (χ0n) is 24.2. The van der Waals surface area contributed by atoms with Crippen LogP contribution in [-0.2, 0) is 19.3 Å². The van der Waals surface area contributed by atoms with Crippen molar-refractivity contribution in [2.24, 2.45) is 17.6 Å². The second-order valence-corrected chi connectivity index (χ2v) is 10.1. The van der Waals surface area contributed by atoms with Crippen LogP contribution in [0, 0.1) is 22.7 Å². The number of amidine groups is 1. The van der Waals surface area contributed by atoms with E-state index in [9.17, 15) is 18.0 Å². The van der Waals surface area contributed by atoms with Crippen LogP contribution in [0.2, 0.25) is 0 Å². The molecule has 1 saturated heterocycles. The van der Waals surface area contributed by atoms with E-state index in [-0.39, 0.29) is 23.6 Å². The van der Waals surface area contributed by atoms with Crippen LogP contribution in [0.5, 0.6) is 0 Å². The average Bonchev–Trinajstić information content (AvgIpc) is 3.26. The van der Waals surface area contributed by atoms with Crippen molar-refractivity contribution in [2.45, 2.75) is 59.8 Å². The molecular formula is C30H43F3N6O. The van der Waals surface area contributed by atoms with Gasteiger partial charge >= 0.3 is 6.18 Å². The Balaban J connectivity index is 0.000000366. The summed E-state index contributed by atoms with van der Waals surface area (Å²) in [4.78, 5) is 17.8. The number of hydrogen-bond acceptors (Lipinski definition) is 5. The number of carbonyl (C=O) groups is 1. The predicted molar refractivity (Wildman–Crippen MR) is 156 cm³/mol. The normalized spacial score (nSPS) is 15.6. The molecule has 1 fully saturated rings. The minimum absolute atomic E-state index is 0.0588. The van der Waals surface area contributed by atoms with Crippen LogP contribution in [0.3, 0.4) is 0 Å². The van der Waals surface area contributed by atoms with Gasteiger partial charge < -0.3 is 15.5 Å². The van der Waals surface area contributed by atoms with E-state index in [0.29, 0.717) is 42.0 Å². The Bertz CT molecular complexity index is 1130. The molecular weight excluding hydrogens is 517 g/mol. The van der Waals surface area contributed by atoms with Crippen LogP contribution in [-0.4, -0.2) is 54.6 Å². The molecule has 1 atom stereocenters. The molecule has 0 saturated carbocycles. The van der Waals surface area contributed by atoms with Crippen molar-refractivity contribution in [2.75, 3.05) is 31.6 Å². The standard InChI is InChI=1S/C20H20F3N3O.C8H17N3.C2H6/c21-20(22,23)18-7-13(9-25-10-14(8-24)11-25)6-16-17(18)12-26(19(16)27)15-4-2-1-3-5-15;1-4-7(2)5-8(10)11(3)6-9;1-2/h1-7,14H,8-12,24H2;6-7,9-10H,4-5H2,1-3H3;1-2H3. The Morgan fingerprint density at radius 2 is 1.82 bits per heavy atom. The summed E-state index contributed by atoms with van der Waals surface area (Å²) in [6, 6.07) is 11.6. The molecule has 7 nitrogen and oxygen atoms in total. The van der Waals surface area contributed by atoms with Gasteiger partial charge in [-0.3, -0.25) is 20.5 Å². The quantitative estimate of drug-likeness (QED) is 0.264. The summed E-state index contributed by atoms with van der Waals surface area (Å²) < 4.78 is 41.0. The summed E-state index contributed by atoms with van der Waals surface area (Å²) in [5.74, 6) is 1.09. The minimum atomic E-state index is -4.50. The molecule has 0 spiro atoms. The number of rotatable bonds is 8. The number of fused-ring (bicyclic) bond motifs is 1. The van der Waals surface area contributed by atoms with Gasteiger partial charge in [0.25, 0.3) is 5.91 Å². The molecule has 0 aromatic heterocycles. The maximum atomic E-state index is 13.7. The molecule has 2 aromatic rings. The molecule has 220 valence electrons. The van der Waals surface area contributed by atoms with Crippen molar-refractivity contribution in [3.63, 3.8) is 0 Å². The first-order valence-electron chi connectivity index (χ1n) is 13.8. The van der Waals surface area contributed by atoms with E-state index in [1.165, 1.54) is 22.2 Å². The van der Waals surface area contributed by atoms with Crippen LogP contribution < -0.4 is 10.6 Å². The summed E-state index contributed by atoms with van der Waals surface area (Å²) >= 11 is 0. The number of amides is 1. The largest absolute Gasteiger partial charge is 0.416 e. The van der Waals surface area contributed by atoms with Crippen LogP contribution in [0.15, 0.2) is 42.5 Å². The van der Waals surface area contributed by atoms with Crippen molar-refractivity contribution in [1.29, 1.82) is 10.8 Å². The van der Waals surface area contributed by atoms with Crippen LogP contribution in [0.1, 0.15) is 67.6 Å². The number of anilines is 1. The molecule has 1 unspecified atom stereocenters. The van der Waals surface area contributed by atoms with E-state index >= 15 is 0 Å². The van der Waals surface area contributed by atoms with E-state index in [2.05, 4.69) is 13.8 Å². The van der Waals surface area contributed by atoms with Gasteiger partial charge in [-0.1, -0.05) is 52.3 Å². The molecule has 4 N–H and O–H groups in total. The van der Waals surface area contributed by atoms with E-state index in [1.54, 1.807) is 43.4 Å². The molecule has 2 aliphatic rings. The van der Waals surface area contributed by atoms with Crippen LogP contribution in [0.4, 0.5) is 18.9 Å². The lowest BCUT2D eigenvalue weighted by Crippen LogP contribution is -2.49. The molecule has 2 aromatic carbocycles. The lowest BCUT2D eigenvalue weighted by atomic mass is 9.96. The summed E-state index contributed by atoms with van der Waals surface area (Å²) in [7, 11) is 1.73. The number of halogens is 3. The van der Waals surface area contributed by atoms with Gasteiger partial charge in [-0.25, -0.2) is 0 Å². The van der Waals surface area contributed by atoms with Gasteiger partial charge in [0.2, 0.25) is 0 Å². The summed E-state index contributed by atoms with van der Waals surface area (Å²) in [5, 5.41) is 14.4. The van der Waals surface area contributed by atoms with Crippen LogP contribution >= 0.6 is 0 Å². The number of benzene rings is 2. The highest BCUT2D eigenvalue weighted by molar-refractivity contribution is 6.10. The topological polar surface area (TPSA) is 101 Å². The molecule has 2 heterocycles. The SMILES string of the molecule is CC.CCC(C)CC(=N)N(C)C=N.NCC1CN(Cc2cc3c(c(C(F)(F)F)c2)CN(c2ccccc2)C3=O)C1. The van der Waals surface area contributed by atoms with Gasteiger partial charge in [0.15, 0.2) is 0 Å². The molecule has 0 aliphatic carbocycles. The number of nitrogens with one attached hydrogen (secondary N) is 2. The van der Waals surface area contributed by atoms with E-state index in [4.69, 9.17) is 16.6 Å². The van der Waals surface area contributed by atoms with Gasteiger partial charge in [-0.05, 0) is 53.8 Å². The molecule has 0 bridgehead atoms. The molecule has 40 heavy (non-hydrogen) atoms. The second kappa shape index (κ2) is 14.9. The fourth-order valence-corrected chi connectivity index (χ4v) is 4.54. The first-order valence-corrected chi connectivity index (χ1v) is 13.8. The van der Waals surface area contributed by atoms with Gasteiger partial charge in [-0.2, -0.15) is 13.2 Å². The predicted octanol–water partition coefficient (Wildman–Crippen LogP) is 6.22. The Kier molecular flexibility index (Phi) is 12.3. The molecule has 1 amide bonds. The van der Waals surface area contributed by atoms with Crippen molar-refractivity contribution >= 4 is 23.8 Å². The van der Waals surface area contributed by atoms with Crippen molar-refractivity contribution in [3.8, 4) is 0 Å². The third-order valence-corrected chi connectivity index (χ3v) is 7.11. The van der Waals surface area contributed by atoms with Gasteiger partial charge in [0.1, 0.15) is 5.84 Å². The van der Waals surface area contributed by atoms with Crippen molar-refractivity contribution in [3.05, 3.63) is 64.7 Å².